The predicted octanol–water partition coefficient (Wildman–Crippen LogP) is 1.11. The minimum Gasteiger partial charge on any atom is -0.508 e. The maximum absolute atomic E-state index is 12.1. The minimum atomic E-state index is -0.575. The van der Waals surface area contributed by atoms with E-state index in [0.29, 0.717) is 6.42 Å². The van der Waals surface area contributed by atoms with E-state index in [4.69, 9.17) is 5.73 Å². The molecule has 0 aliphatic rings. The Labute approximate surface area is 127 Å². The van der Waals surface area contributed by atoms with Crippen molar-refractivity contribution in [2.45, 2.75) is 39.3 Å². The molecule has 0 spiro atoms. The standard InChI is InChI=1S/C16H27N3O2/c1-4-19(5-2)11-12(3)18-16(21)15(17)10-13-6-8-14(20)9-7-13/h6-9,12,15,20H,4-5,10-11,17H2,1-3H3,(H,18,21)/t12?,15-/m0/s1. The second-order valence-corrected chi connectivity index (χ2v) is 5.37. The molecule has 4 N–H and O–H groups in total. The molecule has 1 aromatic rings. The summed E-state index contributed by atoms with van der Waals surface area (Å²) in [6.07, 6.45) is 0.462. The van der Waals surface area contributed by atoms with Gasteiger partial charge >= 0.3 is 0 Å². The SMILES string of the molecule is CCN(CC)CC(C)NC(=O)[C@@H](N)Cc1ccc(O)cc1. The molecule has 0 aromatic heterocycles. The monoisotopic (exact) mass is 293 g/mol. The molecular weight excluding hydrogens is 266 g/mol. The number of nitrogens with two attached hydrogens (primary N) is 1. The van der Waals surface area contributed by atoms with Crippen LogP contribution in [0.25, 0.3) is 0 Å². The Morgan fingerprint density at radius 3 is 2.38 bits per heavy atom. The maximum atomic E-state index is 12.1. The quantitative estimate of drug-likeness (QED) is 0.671. The van der Waals surface area contributed by atoms with Crippen molar-refractivity contribution < 1.29 is 9.90 Å². The molecular formula is C16H27N3O2. The molecule has 1 rings (SSSR count). The summed E-state index contributed by atoms with van der Waals surface area (Å²) in [4.78, 5) is 14.3. The maximum Gasteiger partial charge on any atom is 0.237 e. The lowest BCUT2D eigenvalue weighted by Crippen LogP contribution is -2.49. The number of phenolic OH excluding ortho intramolecular Hbond substituents is 1. The molecule has 5 heteroatoms. The first-order chi connectivity index (χ1) is 9.96. The van der Waals surface area contributed by atoms with E-state index in [1.807, 2.05) is 6.92 Å². The van der Waals surface area contributed by atoms with Crippen LogP contribution in [0.2, 0.25) is 0 Å². The molecule has 0 bridgehead atoms. The molecule has 0 heterocycles. The van der Waals surface area contributed by atoms with E-state index in [2.05, 4.69) is 24.1 Å². The van der Waals surface area contributed by atoms with Crippen molar-refractivity contribution in [1.82, 2.24) is 10.2 Å². The van der Waals surface area contributed by atoms with E-state index in [1.165, 1.54) is 0 Å². The first-order valence-corrected chi connectivity index (χ1v) is 7.52. The fourth-order valence-electron chi connectivity index (χ4n) is 2.24. The third-order valence-corrected chi connectivity index (χ3v) is 3.54. The van der Waals surface area contributed by atoms with Gasteiger partial charge in [-0.05, 0) is 44.1 Å². The first kappa shape index (κ1) is 17.5. The zero-order valence-electron chi connectivity index (χ0n) is 13.2. The summed E-state index contributed by atoms with van der Waals surface area (Å²) >= 11 is 0. The van der Waals surface area contributed by atoms with Gasteiger partial charge in [0.2, 0.25) is 5.91 Å². The van der Waals surface area contributed by atoms with Gasteiger partial charge < -0.3 is 21.1 Å². The molecule has 1 aromatic carbocycles. The Morgan fingerprint density at radius 1 is 1.29 bits per heavy atom. The molecule has 2 atom stereocenters. The Balaban J connectivity index is 2.45. The second kappa shape index (κ2) is 8.64. The largest absolute Gasteiger partial charge is 0.508 e. The smallest absolute Gasteiger partial charge is 0.237 e. The number of aromatic hydroxyl groups is 1. The average Bonchev–Trinajstić information content (AvgIpc) is 2.46. The van der Waals surface area contributed by atoms with Gasteiger partial charge in [-0.2, -0.15) is 0 Å². The van der Waals surface area contributed by atoms with E-state index in [0.717, 1.165) is 25.2 Å². The van der Waals surface area contributed by atoms with Crippen LogP contribution in [0.5, 0.6) is 5.75 Å². The number of hydrogen-bond acceptors (Lipinski definition) is 4. The highest BCUT2D eigenvalue weighted by Crippen LogP contribution is 2.10. The van der Waals surface area contributed by atoms with E-state index < -0.39 is 6.04 Å². The number of likely N-dealkylation sites (N-methyl/N-ethyl adjacent to an activating group) is 1. The number of rotatable bonds is 8. The van der Waals surface area contributed by atoms with Crippen LogP contribution in [-0.2, 0) is 11.2 Å². The molecule has 0 radical (unpaired) electrons. The molecule has 118 valence electrons. The van der Waals surface area contributed by atoms with Crippen LogP contribution in [0.15, 0.2) is 24.3 Å². The summed E-state index contributed by atoms with van der Waals surface area (Å²) in [5.74, 6) is 0.0762. The highest BCUT2D eigenvalue weighted by atomic mass is 16.3. The van der Waals surface area contributed by atoms with Gasteiger partial charge in [0.25, 0.3) is 0 Å². The number of carbonyl (C=O) groups excluding carboxylic acids is 1. The third-order valence-electron chi connectivity index (χ3n) is 3.54. The molecule has 21 heavy (non-hydrogen) atoms. The molecule has 5 nitrogen and oxygen atoms in total. The van der Waals surface area contributed by atoms with Crippen molar-refractivity contribution in [2.75, 3.05) is 19.6 Å². The number of carbonyl (C=O) groups is 1. The van der Waals surface area contributed by atoms with Gasteiger partial charge in [0.15, 0.2) is 0 Å². The topological polar surface area (TPSA) is 78.6 Å². The Morgan fingerprint density at radius 2 is 1.86 bits per heavy atom. The first-order valence-electron chi connectivity index (χ1n) is 7.52. The number of nitrogens with zero attached hydrogens (tertiary/aromatic N) is 1. The van der Waals surface area contributed by atoms with Crippen molar-refractivity contribution in [3.05, 3.63) is 29.8 Å². The zero-order valence-corrected chi connectivity index (χ0v) is 13.2. The fraction of sp³-hybridized carbons (Fsp3) is 0.562. The summed E-state index contributed by atoms with van der Waals surface area (Å²) in [7, 11) is 0. The Hall–Kier alpha value is -1.59. The van der Waals surface area contributed by atoms with Crippen LogP contribution in [0.3, 0.4) is 0 Å². The van der Waals surface area contributed by atoms with Gasteiger partial charge in [0.05, 0.1) is 6.04 Å². The van der Waals surface area contributed by atoms with Crippen LogP contribution in [0.1, 0.15) is 26.3 Å². The number of nitrogens with one attached hydrogen (secondary N) is 1. The van der Waals surface area contributed by atoms with Gasteiger partial charge in [-0.15, -0.1) is 0 Å². The lowest BCUT2D eigenvalue weighted by atomic mass is 10.1. The number of hydrogen-bond donors (Lipinski definition) is 3. The normalized spacial score (nSPS) is 14.0. The van der Waals surface area contributed by atoms with E-state index in [1.54, 1.807) is 24.3 Å². The molecule has 0 saturated carbocycles. The van der Waals surface area contributed by atoms with Crippen LogP contribution in [-0.4, -0.2) is 47.6 Å². The Bertz CT molecular complexity index is 430. The zero-order chi connectivity index (χ0) is 15.8. The van der Waals surface area contributed by atoms with Crippen molar-refractivity contribution >= 4 is 5.91 Å². The number of phenols is 1. The fourth-order valence-corrected chi connectivity index (χ4v) is 2.24. The molecule has 0 saturated heterocycles. The molecule has 1 unspecified atom stereocenters. The van der Waals surface area contributed by atoms with Crippen molar-refractivity contribution in [2.24, 2.45) is 5.73 Å². The highest BCUT2D eigenvalue weighted by Gasteiger charge is 2.17. The van der Waals surface area contributed by atoms with Gasteiger partial charge in [-0.3, -0.25) is 4.79 Å². The summed E-state index contributed by atoms with van der Waals surface area (Å²) in [5.41, 5.74) is 6.88. The summed E-state index contributed by atoms with van der Waals surface area (Å²) in [6.45, 7) is 8.96. The second-order valence-electron chi connectivity index (χ2n) is 5.37. The molecule has 0 aliphatic carbocycles. The highest BCUT2D eigenvalue weighted by molar-refractivity contribution is 5.82. The average molecular weight is 293 g/mol. The van der Waals surface area contributed by atoms with Crippen LogP contribution >= 0.6 is 0 Å². The summed E-state index contributed by atoms with van der Waals surface area (Å²) in [6, 6.07) is 6.26. The Kier molecular flexibility index (Phi) is 7.19. The predicted molar refractivity (Wildman–Crippen MR) is 85.2 cm³/mol. The van der Waals surface area contributed by atoms with Crippen LogP contribution in [0, 0.1) is 0 Å². The van der Waals surface area contributed by atoms with Crippen LogP contribution in [0.4, 0.5) is 0 Å². The number of benzene rings is 1. The van der Waals surface area contributed by atoms with Gasteiger partial charge in [-0.1, -0.05) is 26.0 Å². The van der Waals surface area contributed by atoms with E-state index in [-0.39, 0.29) is 17.7 Å². The van der Waals surface area contributed by atoms with Crippen molar-refractivity contribution in [3.8, 4) is 5.75 Å². The van der Waals surface area contributed by atoms with Crippen molar-refractivity contribution in [1.29, 1.82) is 0 Å². The lowest BCUT2D eigenvalue weighted by Gasteiger charge is -2.24. The molecule has 1 amide bonds. The van der Waals surface area contributed by atoms with Crippen LogP contribution < -0.4 is 11.1 Å². The minimum absolute atomic E-state index is 0.0725. The van der Waals surface area contributed by atoms with Gasteiger partial charge in [0.1, 0.15) is 5.75 Å². The molecule has 0 fully saturated rings. The van der Waals surface area contributed by atoms with Gasteiger partial charge in [0, 0.05) is 12.6 Å². The summed E-state index contributed by atoms with van der Waals surface area (Å²) in [5, 5.41) is 12.2. The number of amides is 1. The van der Waals surface area contributed by atoms with Crippen molar-refractivity contribution in [3.63, 3.8) is 0 Å². The molecule has 0 aliphatic heterocycles. The van der Waals surface area contributed by atoms with E-state index in [9.17, 15) is 9.90 Å². The van der Waals surface area contributed by atoms with E-state index >= 15 is 0 Å². The lowest BCUT2D eigenvalue weighted by molar-refractivity contribution is -0.123. The third kappa shape index (κ3) is 6.14. The summed E-state index contributed by atoms with van der Waals surface area (Å²) < 4.78 is 0. The van der Waals surface area contributed by atoms with Gasteiger partial charge in [-0.25, -0.2) is 0 Å².